The fourth-order valence-electron chi connectivity index (χ4n) is 1.94. The second-order valence-electron chi connectivity index (χ2n) is 6.20. The first-order valence-electron chi connectivity index (χ1n) is 7.58. The Balaban J connectivity index is 2.43. The maximum Gasteiger partial charge on any atom is 0.331 e. The highest BCUT2D eigenvalue weighted by atomic mass is 16.6. The number of esters is 1. The summed E-state index contributed by atoms with van der Waals surface area (Å²) < 4.78 is 20.9. The summed E-state index contributed by atoms with van der Waals surface area (Å²) in [5.41, 5.74) is 0.870. The second-order valence-corrected chi connectivity index (χ2v) is 6.20. The van der Waals surface area contributed by atoms with Crippen LogP contribution in [0.2, 0.25) is 0 Å². The smallest absolute Gasteiger partial charge is 0.331 e. The first-order chi connectivity index (χ1) is 11.7. The molecule has 0 unspecified atom stereocenters. The maximum atomic E-state index is 11.4. The van der Waals surface area contributed by atoms with Crippen LogP contribution in [-0.2, 0) is 10.2 Å². The normalized spacial score (nSPS) is 11.0. The lowest BCUT2D eigenvalue weighted by molar-refractivity contribution is -0.132. The van der Waals surface area contributed by atoms with Crippen molar-refractivity contribution in [1.29, 1.82) is 0 Å². The molecule has 1 heterocycles. The Bertz CT molecular complexity index is 749. The second kappa shape index (κ2) is 7.33. The molecular formula is C17H21N3O5. The molecule has 0 saturated heterocycles. The topological polar surface area (TPSA) is 92.7 Å². The van der Waals surface area contributed by atoms with E-state index < -0.39 is 5.97 Å². The van der Waals surface area contributed by atoms with E-state index in [9.17, 15) is 4.79 Å². The number of hydrogen-bond acceptors (Lipinski definition) is 8. The van der Waals surface area contributed by atoms with Crippen LogP contribution in [0.15, 0.2) is 18.2 Å². The summed E-state index contributed by atoms with van der Waals surface area (Å²) in [6.07, 6.45) is 0. The van der Waals surface area contributed by atoms with Gasteiger partial charge >= 0.3 is 24.0 Å². The van der Waals surface area contributed by atoms with Gasteiger partial charge in [0.05, 0.1) is 14.2 Å². The van der Waals surface area contributed by atoms with Crippen molar-refractivity contribution >= 4 is 5.97 Å². The third-order valence-corrected chi connectivity index (χ3v) is 3.20. The van der Waals surface area contributed by atoms with Gasteiger partial charge in [-0.2, -0.15) is 0 Å². The van der Waals surface area contributed by atoms with Crippen molar-refractivity contribution < 1.29 is 23.7 Å². The number of aromatic nitrogens is 3. The summed E-state index contributed by atoms with van der Waals surface area (Å²) >= 11 is 0. The highest BCUT2D eigenvalue weighted by molar-refractivity contribution is 5.70. The molecule has 0 amide bonds. The van der Waals surface area contributed by atoms with Gasteiger partial charge in [0.1, 0.15) is 0 Å². The summed E-state index contributed by atoms with van der Waals surface area (Å²) in [7, 11) is 2.84. The van der Waals surface area contributed by atoms with Gasteiger partial charge in [0, 0.05) is 6.92 Å². The molecule has 8 heteroatoms. The number of nitrogens with zero attached hydrogens (tertiary/aromatic N) is 3. The Morgan fingerprint density at radius 2 is 1.48 bits per heavy atom. The van der Waals surface area contributed by atoms with E-state index in [1.54, 1.807) is 12.1 Å². The molecule has 1 aromatic carbocycles. The molecule has 0 aliphatic rings. The van der Waals surface area contributed by atoms with Crippen LogP contribution in [-0.4, -0.2) is 35.1 Å². The Labute approximate surface area is 146 Å². The van der Waals surface area contributed by atoms with Crippen LogP contribution in [0.25, 0.3) is 0 Å². The molecule has 2 rings (SSSR count). The fourth-order valence-corrected chi connectivity index (χ4v) is 1.94. The molecule has 0 atom stereocenters. The van der Waals surface area contributed by atoms with Crippen LogP contribution < -0.4 is 18.9 Å². The average Bonchev–Trinajstić information content (AvgIpc) is 2.54. The molecule has 0 N–H and O–H groups in total. The monoisotopic (exact) mass is 347 g/mol. The standard InChI is InChI=1S/C17H21N3O5/c1-10(21)24-13-9-11(17(2,3)4)7-8-12(13)25-16-19-14(22-5)18-15(20-16)23-6/h7-9H,1-6H3. The van der Waals surface area contributed by atoms with E-state index in [0.717, 1.165) is 5.56 Å². The molecule has 8 nitrogen and oxygen atoms in total. The maximum absolute atomic E-state index is 11.4. The zero-order chi connectivity index (χ0) is 18.6. The zero-order valence-electron chi connectivity index (χ0n) is 15.1. The Morgan fingerprint density at radius 1 is 0.920 bits per heavy atom. The van der Waals surface area contributed by atoms with Gasteiger partial charge in [-0.1, -0.05) is 26.8 Å². The van der Waals surface area contributed by atoms with Crippen molar-refractivity contribution in [2.45, 2.75) is 33.1 Å². The molecule has 0 aliphatic heterocycles. The van der Waals surface area contributed by atoms with Crippen molar-refractivity contribution in [3.63, 3.8) is 0 Å². The van der Waals surface area contributed by atoms with Gasteiger partial charge in [-0.3, -0.25) is 4.79 Å². The van der Waals surface area contributed by atoms with Gasteiger partial charge in [0.25, 0.3) is 0 Å². The van der Waals surface area contributed by atoms with Gasteiger partial charge in [0.2, 0.25) is 0 Å². The lowest BCUT2D eigenvalue weighted by atomic mass is 9.87. The number of ether oxygens (including phenoxy) is 4. The minimum Gasteiger partial charge on any atom is -0.467 e. The van der Waals surface area contributed by atoms with Crippen LogP contribution in [0.1, 0.15) is 33.3 Å². The van der Waals surface area contributed by atoms with E-state index in [1.165, 1.54) is 21.1 Å². The van der Waals surface area contributed by atoms with Gasteiger partial charge in [-0.05, 0) is 23.1 Å². The third kappa shape index (κ3) is 4.79. The van der Waals surface area contributed by atoms with E-state index in [1.807, 2.05) is 6.07 Å². The SMILES string of the molecule is COc1nc(OC)nc(Oc2ccc(C(C)(C)C)cc2OC(C)=O)n1. The minimum absolute atomic E-state index is 0.0411. The van der Waals surface area contributed by atoms with Gasteiger partial charge in [-0.25, -0.2) is 0 Å². The van der Waals surface area contributed by atoms with E-state index >= 15 is 0 Å². The summed E-state index contributed by atoms with van der Waals surface area (Å²) in [5.74, 6) is 0.110. The Kier molecular flexibility index (Phi) is 5.41. The van der Waals surface area contributed by atoms with Gasteiger partial charge < -0.3 is 18.9 Å². The van der Waals surface area contributed by atoms with Gasteiger partial charge in [0.15, 0.2) is 11.5 Å². The lowest BCUT2D eigenvalue weighted by Gasteiger charge is -2.20. The summed E-state index contributed by atoms with van der Waals surface area (Å²) in [6.45, 7) is 7.49. The summed E-state index contributed by atoms with van der Waals surface area (Å²) in [6, 6.07) is 5.39. The zero-order valence-corrected chi connectivity index (χ0v) is 15.1. The quantitative estimate of drug-likeness (QED) is 0.602. The average molecular weight is 347 g/mol. The number of carbonyl (C=O) groups is 1. The molecule has 0 spiro atoms. The molecule has 1 aromatic heterocycles. The number of rotatable bonds is 5. The number of carbonyl (C=O) groups excluding carboxylic acids is 1. The van der Waals surface area contributed by atoms with E-state index in [0.29, 0.717) is 5.75 Å². The predicted octanol–water partition coefficient (Wildman–Crippen LogP) is 2.90. The van der Waals surface area contributed by atoms with Crippen molar-refractivity contribution in [3.8, 4) is 29.5 Å². The van der Waals surface area contributed by atoms with Crippen LogP contribution in [0.3, 0.4) is 0 Å². The molecule has 0 bridgehead atoms. The molecule has 2 aromatic rings. The molecule has 134 valence electrons. The first kappa shape index (κ1) is 18.4. The predicted molar refractivity (Wildman–Crippen MR) is 89.5 cm³/mol. The first-order valence-corrected chi connectivity index (χ1v) is 7.58. The molecule has 0 saturated carbocycles. The van der Waals surface area contributed by atoms with Crippen LogP contribution in [0.4, 0.5) is 0 Å². The van der Waals surface area contributed by atoms with Crippen molar-refractivity contribution in [2.75, 3.05) is 14.2 Å². The lowest BCUT2D eigenvalue weighted by Crippen LogP contribution is -2.12. The summed E-state index contributed by atoms with van der Waals surface area (Å²) in [5, 5.41) is 0. The van der Waals surface area contributed by atoms with E-state index in [-0.39, 0.29) is 29.2 Å². The molecule has 0 radical (unpaired) electrons. The molecular weight excluding hydrogens is 326 g/mol. The minimum atomic E-state index is -0.457. The molecule has 0 aliphatic carbocycles. The molecule has 0 fully saturated rings. The fraction of sp³-hybridized carbons (Fsp3) is 0.412. The van der Waals surface area contributed by atoms with Gasteiger partial charge in [-0.15, -0.1) is 15.0 Å². The highest BCUT2D eigenvalue weighted by Gasteiger charge is 2.19. The van der Waals surface area contributed by atoms with Crippen LogP contribution in [0, 0.1) is 0 Å². The Morgan fingerprint density at radius 3 is 1.96 bits per heavy atom. The van der Waals surface area contributed by atoms with Crippen molar-refractivity contribution in [2.24, 2.45) is 0 Å². The van der Waals surface area contributed by atoms with Crippen LogP contribution in [0.5, 0.6) is 29.5 Å². The highest BCUT2D eigenvalue weighted by Crippen LogP contribution is 2.35. The Hall–Kier alpha value is -2.90. The van der Waals surface area contributed by atoms with Crippen molar-refractivity contribution in [1.82, 2.24) is 15.0 Å². The third-order valence-electron chi connectivity index (χ3n) is 3.20. The number of benzene rings is 1. The summed E-state index contributed by atoms with van der Waals surface area (Å²) in [4.78, 5) is 23.3. The van der Waals surface area contributed by atoms with Crippen molar-refractivity contribution in [3.05, 3.63) is 23.8 Å². The number of methoxy groups -OCH3 is 2. The number of hydrogen-bond donors (Lipinski definition) is 0. The van der Waals surface area contributed by atoms with E-state index in [4.69, 9.17) is 18.9 Å². The van der Waals surface area contributed by atoms with Crippen LogP contribution >= 0.6 is 0 Å². The molecule has 25 heavy (non-hydrogen) atoms. The largest absolute Gasteiger partial charge is 0.467 e. The van der Waals surface area contributed by atoms with E-state index in [2.05, 4.69) is 35.7 Å².